The number of phenolic OH excluding ortho intramolecular Hbond substituents is 1. The molecular formula is C17H15N5O4. The number of phenols is 1. The quantitative estimate of drug-likeness (QED) is 0.413. The summed E-state index contributed by atoms with van der Waals surface area (Å²) in [4.78, 5) is 26.7. The van der Waals surface area contributed by atoms with Crippen molar-refractivity contribution in [1.82, 2.24) is 15.0 Å². The molecule has 0 bridgehead atoms. The Balaban J connectivity index is 1.71. The number of nitrogens with zero attached hydrogens (tertiary/aromatic N) is 4. The molecule has 0 aliphatic rings. The molecule has 3 rings (SSSR count). The number of hydrazone groups is 1. The number of nitro groups is 1. The summed E-state index contributed by atoms with van der Waals surface area (Å²) in [5.41, 5.74) is 3.91. The van der Waals surface area contributed by atoms with E-state index in [4.69, 9.17) is 0 Å². The lowest BCUT2D eigenvalue weighted by Crippen LogP contribution is -2.23. The lowest BCUT2D eigenvalue weighted by atomic mass is 10.2. The van der Waals surface area contributed by atoms with Crippen LogP contribution >= 0.6 is 0 Å². The molecule has 0 unspecified atom stereocenters. The largest absolute Gasteiger partial charge is 0.507 e. The van der Waals surface area contributed by atoms with E-state index in [0.717, 1.165) is 17.2 Å². The average molecular weight is 353 g/mol. The SMILES string of the molecule is Cc1nc2ccccc2n1CC(=O)N/N=C\c1cc([N+](=O)[O-])ccc1O. The fourth-order valence-electron chi connectivity index (χ4n) is 2.51. The van der Waals surface area contributed by atoms with Gasteiger partial charge in [0.05, 0.1) is 22.2 Å². The molecule has 2 aromatic carbocycles. The van der Waals surface area contributed by atoms with Crippen molar-refractivity contribution < 1.29 is 14.8 Å². The van der Waals surface area contributed by atoms with E-state index in [1.54, 1.807) is 11.5 Å². The average Bonchev–Trinajstić information content (AvgIpc) is 2.92. The van der Waals surface area contributed by atoms with Crippen LogP contribution in [0, 0.1) is 17.0 Å². The molecule has 9 heteroatoms. The summed E-state index contributed by atoms with van der Waals surface area (Å²) in [5, 5.41) is 24.2. The summed E-state index contributed by atoms with van der Waals surface area (Å²) in [6, 6.07) is 11.0. The fourth-order valence-corrected chi connectivity index (χ4v) is 2.51. The van der Waals surface area contributed by atoms with E-state index in [0.29, 0.717) is 5.82 Å². The molecular weight excluding hydrogens is 338 g/mol. The minimum absolute atomic E-state index is 0.0185. The summed E-state index contributed by atoms with van der Waals surface area (Å²) >= 11 is 0. The van der Waals surface area contributed by atoms with Gasteiger partial charge in [0.1, 0.15) is 18.1 Å². The molecule has 1 heterocycles. The Morgan fingerprint density at radius 3 is 2.92 bits per heavy atom. The fraction of sp³-hybridized carbons (Fsp3) is 0.118. The molecule has 0 saturated carbocycles. The summed E-state index contributed by atoms with van der Waals surface area (Å²) < 4.78 is 1.75. The van der Waals surface area contributed by atoms with Crippen molar-refractivity contribution in [3.8, 4) is 5.75 Å². The number of non-ortho nitro benzene ring substituents is 1. The molecule has 0 fully saturated rings. The zero-order valence-corrected chi connectivity index (χ0v) is 13.8. The first-order valence-electron chi connectivity index (χ1n) is 7.67. The second-order valence-corrected chi connectivity index (χ2v) is 5.53. The Labute approximate surface area is 147 Å². The van der Waals surface area contributed by atoms with Crippen LogP contribution in [0.4, 0.5) is 5.69 Å². The second-order valence-electron chi connectivity index (χ2n) is 5.53. The van der Waals surface area contributed by atoms with Crippen LogP contribution in [0.3, 0.4) is 0 Å². The first kappa shape index (κ1) is 17.1. The van der Waals surface area contributed by atoms with Gasteiger partial charge < -0.3 is 9.67 Å². The van der Waals surface area contributed by atoms with E-state index in [9.17, 15) is 20.0 Å². The van der Waals surface area contributed by atoms with Gasteiger partial charge in [-0.05, 0) is 25.1 Å². The number of para-hydroxylation sites is 2. The predicted molar refractivity (Wildman–Crippen MR) is 95.0 cm³/mol. The molecule has 26 heavy (non-hydrogen) atoms. The van der Waals surface area contributed by atoms with Crippen LogP contribution in [-0.2, 0) is 11.3 Å². The van der Waals surface area contributed by atoms with Gasteiger partial charge >= 0.3 is 0 Å². The number of benzene rings is 2. The normalized spacial score (nSPS) is 11.1. The van der Waals surface area contributed by atoms with Crippen LogP contribution in [0.15, 0.2) is 47.6 Å². The number of nitrogens with one attached hydrogen (secondary N) is 1. The highest BCUT2D eigenvalue weighted by molar-refractivity contribution is 5.86. The zero-order chi connectivity index (χ0) is 18.7. The zero-order valence-electron chi connectivity index (χ0n) is 13.8. The van der Waals surface area contributed by atoms with Crippen molar-refractivity contribution in [1.29, 1.82) is 0 Å². The number of carbonyl (C=O) groups is 1. The van der Waals surface area contributed by atoms with E-state index in [1.807, 2.05) is 24.3 Å². The number of aromatic nitrogens is 2. The molecule has 0 saturated heterocycles. The van der Waals surface area contributed by atoms with Gasteiger partial charge in [-0.1, -0.05) is 12.1 Å². The minimum Gasteiger partial charge on any atom is -0.507 e. The van der Waals surface area contributed by atoms with Crippen molar-refractivity contribution in [2.75, 3.05) is 0 Å². The molecule has 0 radical (unpaired) electrons. The van der Waals surface area contributed by atoms with Gasteiger partial charge in [-0.3, -0.25) is 14.9 Å². The van der Waals surface area contributed by atoms with Crippen LogP contribution in [-0.4, -0.2) is 31.7 Å². The molecule has 3 aromatic rings. The summed E-state index contributed by atoms with van der Waals surface area (Å²) in [7, 11) is 0. The van der Waals surface area contributed by atoms with Gasteiger partial charge in [0.2, 0.25) is 0 Å². The van der Waals surface area contributed by atoms with E-state index in [1.165, 1.54) is 18.2 Å². The Hall–Kier alpha value is -3.75. The highest BCUT2D eigenvalue weighted by atomic mass is 16.6. The van der Waals surface area contributed by atoms with Crippen molar-refractivity contribution in [3.05, 3.63) is 64.0 Å². The first-order chi connectivity index (χ1) is 12.5. The number of carbonyl (C=O) groups excluding carboxylic acids is 1. The molecule has 0 aliphatic heterocycles. The van der Waals surface area contributed by atoms with E-state index < -0.39 is 10.8 Å². The maximum Gasteiger partial charge on any atom is 0.270 e. The predicted octanol–water partition coefficient (Wildman–Crippen LogP) is 2.11. The molecule has 0 spiro atoms. The molecule has 1 amide bonds. The van der Waals surface area contributed by atoms with Gasteiger partial charge in [-0.15, -0.1) is 0 Å². The molecule has 2 N–H and O–H groups in total. The second kappa shape index (κ2) is 7.01. The van der Waals surface area contributed by atoms with Crippen LogP contribution in [0.25, 0.3) is 11.0 Å². The van der Waals surface area contributed by atoms with Crippen molar-refractivity contribution in [3.63, 3.8) is 0 Å². The number of rotatable bonds is 5. The third kappa shape index (κ3) is 3.51. The van der Waals surface area contributed by atoms with E-state index in [-0.39, 0.29) is 23.5 Å². The molecule has 9 nitrogen and oxygen atoms in total. The van der Waals surface area contributed by atoms with E-state index >= 15 is 0 Å². The van der Waals surface area contributed by atoms with Crippen LogP contribution in [0.2, 0.25) is 0 Å². The van der Waals surface area contributed by atoms with Gasteiger partial charge in [-0.2, -0.15) is 5.10 Å². The lowest BCUT2D eigenvalue weighted by molar-refractivity contribution is -0.384. The van der Waals surface area contributed by atoms with Crippen molar-refractivity contribution >= 4 is 28.8 Å². The number of aromatic hydroxyl groups is 1. The summed E-state index contributed by atoms with van der Waals surface area (Å²) in [5.74, 6) is 0.129. The molecule has 132 valence electrons. The Morgan fingerprint density at radius 2 is 2.15 bits per heavy atom. The lowest BCUT2D eigenvalue weighted by Gasteiger charge is -2.05. The number of fused-ring (bicyclic) bond motifs is 1. The Kier molecular flexibility index (Phi) is 4.61. The minimum atomic E-state index is -0.581. The van der Waals surface area contributed by atoms with Gasteiger partial charge in [0.15, 0.2) is 0 Å². The van der Waals surface area contributed by atoms with Gasteiger partial charge in [-0.25, -0.2) is 10.4 Å². The third-order valence-electron chi connectivity index (χ3n) is 3.76. The Bertz CT molecular complexity index is 1030. The topological polar surface area (TPSA) is 123 Å². The first-order valence-corrected chi connectivity index (χ1v) is 7.67. The number of aryl methyl sites for hydroxylation is 1. The Morgan fingerprint density at radius 1 is 1.38 bits per heavy atom. The number of imidazole rings is 1. The van der Waals surface area contributed by atoms with Crippen molar-refractivity contribution in [2.45, 2.75) is 13.5 Å². The van der Waals surface area contributed by atoms with E-state index in [2.05, 4.69) is 15.5 Å². The smallest absolute Gasteiger partial charge is 0.270 e. The maximum atomic E-state index is 12.1. The van der Waals surface area contributed by atoms with Crippen LogP contribution < -0.4 is 5.43 Å². The van der Waals surface area contributed by atoms with Crippen LogP contribution in [0.5, 0.6) is 5.75 Å². The van der Waals surface area contributed by atoms with Crippen LogP contribution in [0.1, 0.15) is 11.4 Å². The molecule has 1 aromatic heterocycles. The highest BCUT2D eigenvalue weighted by Crippen LogP contribution is 2.21. The number of amides is 1. The standard InChI is InChI=1S/C17H15N5O4/c1-11-19-14-4-2-3-5-15(14)21(11)10-17(24)20-18-9-12-8-13(22(25)26)6-7-16(12)23/h2-9,23H,10H2,1H3,(H,20,24)/b18-9-. The number of hydrogen-bond donors (Lipinski definition) is 2. The van der Waals surface area contributed by atoms with Gasteiger partial charge in [0.25, 0.3) is 11.6 Å². The number of nitro benzene ring substituents is 1. The van der Waals surface area contributed by atoms with Gasteiger partial charge in [0, 0.05) is 17.7 Å². The highest BCUT2D eigenvalue weighted by Gasteiger charge is 2.11. The molecule has 0 atom stereocenters. The molecule has 0 aliphatic carbocycles. The monoisotopic (exact) mass is 353 g/mol. The number of hydrogen-bond acceptors (Lipinski definition) is 6. The maximum absolute atomic E-state index is 12.1. The van der Waals surface area contributed by atoms with Crippen molar-refractivity contribution in [2.24, 2.45) is 5.10 Å². The third-order valence-corrected chi connectivity index (χ3v) is 3.76. The summed E-state index contributed by atoms with van der Waals surface area (Å²) in [6.45, 7) is 1.82. The summed E-state index contributed by atoms with van der Waals surface area (Å²) in [6.07, 6.45) is 1.15.